The van der Waals surface area contributed by atoms with Crippen molar-refractivity contribution in [2.45, 2.75) is 26.0 Å². The van der Waals surface area contributed by atoms with E-state index in [0.29, 0.717) is 18.7 Å². The molecule has 0 saturated heterocycles. The van der Waals surface area contributed by atoms with Gasteiger partial charge >= 0.3 is 0 Å². The van der Waals surface area contributed by atoms with Crippen LogP contribution < -0.4 is 9.64 Å². The number of pyridine rings is 1. The third kappa shape index (κ3) is 4.76. The Kier molecular flexibility index (Phi) is 5.98. The van der Waals surface area contributed by atoms with Gasteiger partial charge in [0.25, 0.3) is 10.1 Å². The van der Waals surface area contributed by atoms with Gasteiger partial charge in [-0.05, 0) is 49.2 Å². The van der Waals surface area contributed by atoms with E-state index in [2.05, 4.69) is 17.0 Å². The quantitative estimate of drug-likeness (QED) is 0.341. The number of para-hydroxylation sites is 1. The van der Waals surface area contributed by atoms with Gasteiger partial charge in [0.15, 0.2) is 6.23 Å². The molecule has 1 aliphatic heterocycles. The topological polar surface area (TPSA) is 68.7 Å². The van der Waals surface area contributed by atoms with Crippen LogP contribution in [0.25, 0.3) is 10.9 Å². The molecule has 34 heavy (non-hydrogen) atoms. The summed E-state index contributed by atoms with van der Waals surface area (Å²) in [5.41, 5.74) is 4.86. The molecule has 5 rings (SSSR count). The van der Waals surface area contributed by atoms with Gasteiger partial charge in [-0.25, -0.2) is 4.18 Å². The highest BCUT2D eigenvalue weighted by Gasteiger charge is 2.35. The fourth-order valence-electron chi connectivity index (χ4n) is 4.51. The molecule has 0 N–H and O–H groups in total. The van der Waals surface area contributed by atoms with E-state index >= 15 is 0 Å². The smallest absolute Gasteiger partial charge is 0.266 e. The third-order valence-corrected chi connectivity index (χ3v) is 6.57. The highest BCUT2D eigenvalue weighted by molar-refractivity contribution is 7.86. The van der Waals surface area contributed by atoms with E-state index in [1.165, 1.54) is 5.56 Å². The fraction of sp³-hybridized carbons (Fsp3) is 0.222. The van der Waals surface area contributed by atoms with Crippen molar-refractivity contribution in [3.8, 4) is 11.5 Å². The number of benzene rings is 3. The summed E-state index contributed by atoms with van der Waals surface area (Å²) in [5, 5.41) is 0.918. The van der Waals surface area contributed by atoms with Crippen molar-refractivity contribution >= 4 is 26.7 Å². The Morgan fingerprint density at radius 1 is 0.971 bits per heavy atom. The van der Waals surface area contributed by atoms with Gasteiger partial charge in [0, 0.05) is 29.6 Å². The molecule has 1 atom stereocenters. The molecule has 7 heteroatoms. The normalized spacial score (nSPS) is 15.5. The molecular weight excluding hydrogens is 448 g/mol. The molecule has 4 aromatic rings. The summed E-state index contributed by atoms with van der Waals surface area (Å²) in [6, 6.07) is 25.6. The van der Waals surface area contributed by atoms with Gasteiger partial charge in [0.05, 0.1) is 17.5 Å². The fourth-order valence-corrected chi connectivity index (χ4v) is 5.09. The second-order valence-corrected chi connectivity index (χ2v) is 10.1. The van der Waals surface area contributed by atoms with Crippen molar-refractivity contribution < 1.29 is 17.3 Å². The highest BCUT2D eigenvalue weighted by atomic mass is 32.2. The lowest BCUT2D eigenvalue weighted by Gasteiger charge is -2.27. The van der Waals surface area contributed by atoms with Crippen LogP contribution in [0.1, 0.15) is 16.8 Å². The number of aryl methyl sites for hydroxylation is 1. The zero-order chi connectivity index (χ0) is 23.7. The number of rotatable bonds is 7. The van der Waals surface area contributed by atoms with E-state index in [-0.39, 0.29) is 0 Å². The van der Waals surface area contributed by atoms with Gasteiger partial charge in [-0.3, -0.25) is 4.98 Å². The van der Waals surface area contributed by atoms with Crippen LogP contribution in [0.3, 0.4) is 0 Å². The molecule has 174 valence electrons. The molecule has 0 amide bonds. The zero-order valence-electron chi connectivity index (χ0n) is 19.1. The largest absolute Gasteiger partial charge is 0.457 e. The van der Waals surface area contributed by atoms with E-state index in [0.717, 1.165) is 46.3 Å². The number of hydrogen-bond donors (Lipinski definition) is 0. The summed E-state index contributed by atoms with van der Waals surface area (Å²) in [7, 11) is -3.64. The molecule has 0 saturated carbocycles. The molecule has 0 spiro atoms. The average Bonchev–Trinajstić information content (AvgIpc) is 3.17. The lowest BCUT2D eigenvalue weighted by atomic mass is 10.1. The predicted octanol–water partition coefficient (Wildman–Crippen LogP) is 5.24. The van der Waals surface area contributed by atoms with Gasteiger partial charge in [0.2, 0.25) is 0 Å². The van der Waals surface area contributed by atoms with Crippen LogP contribution in [0.2, 0.25) is 0 Å². The molecule has 2 heterocycles. The van der Waals surface area contributed by atoms with Crippen LogP contribution in [0.4, 0.5) is 5.69 Å². The van der Waals surface area contributed by atoms with Gasteiger partial charge in [-0.1, -0.05) is 48.5 Å². The Balaban J connectivity index is 1.57. The molecule has 1 unspecified atom stereocenters. The van der Waals surface area contributed by atoms with Crippen molar-refractivity contribution in [3.63, 3.8) is 0 Å². The Labute approximate surface area is 199 Å². The second kappa shape index (κ2) is 9.08. The van der Waals surface area contributed by atoms with Gasteiger partial charge in [-0.15, -0.1) is 0 Å². The number of nitrogens with zero attached hydrogens (tertiary/aromatic N) is 2. The number of aromatic nitrogens is 1. The summed E-state index contributed by atoms with van der Waals surface area (Å²) in [6.07, 6.45) is 1.70. The van der Waals surface area contributed by atoms with E-state index in [9.17, 15) is 8.42 Å². The van der Waals surface area contributed by atoms with Crippen LogP contribution in [-0.2, 0) is 27.1 Å². The first-order chi connectivity index (χ1) is 16.4. The first kappa shape index (κ1) is 22.4. The summed E-state index contributed by atoms with van der Waals surface area (Å²) >= 11 is 0. The van der Waals surface area contributed by atoms with E-state index in [4.69, 9.17) is 13.9 Å². The van der Waals surface area contributed by atoms with Crippen LogP contribution in [0.5, 0.6) is 11.5 Å². The zero-order valence-corrected chi connectivity index (χ0v) is 20.0. The monoisotopic (exact) mass is 474 g/mol. The van der Waals surface area contributed by atoms with Crippen molar-refractivity contribution in [1.82, 2.24) is 4.98 Å². The lowest BCUT2D eigenvalue weighted by Crippen LogP contribution is -2.37. The van der Waals surface area contributed by atoms with Crippen molar-refractivity contribution in [2.75, 3.05) is 17.7 Å². The standard InChI is InChI=1S/C27H26N2O4S/c1-19-23-18-26(33-34(2,30)31)29(16-15-20-9-5-3-6-10-20)27(23)24-17-22(13-14-25(24)28-19)32-21-11-7-4-8-12-21/h3-14,17,26H,15-16,18H2,1-2H3. The second-order valence-electron chi connectivity index (χ2n) is 8.51. The summed E-state index contributed by atoms with van der Waals surface area (Å²) < 4.78 is 35.8. The first-order valence-electron chi connectivity index (χ1n) is 11.2. The Hall–Kier alpha value is -3.42. The molecule has 6 nitrogen and oxygen atoms in total. The number of fused-ring (bicyclic) bond motifs is 3. The highest BCUT2D eigenvalue weighted by Crippen LogP contribution is 2.41. The SMILES string of the molecule is Cc1nc2ccc(Oc3ccccc3)cc2c2c1CC(OS(C)(=O)=O)N2CCc1ccccc1. The minimum absolute atomic E-state index is 0.454. The average molecular weight is 475 g/mol. The van der Waals surface area contributed by atoms with Crippen LogP contribution in [-0.4, -0.2) is 32.4 Å². The van der Waals surface area contributed by atoms with Crippen molar-refractivity contribution in [2.24, 2.45) is 0 Å². The van der Waals surface area contributed by atoms with Gasteiger partial charge in [-0.2, -0.15) is 8.42 Å². The maximum atomic E-state index is 12.1. The Bertz CT molecular complexity index is 1420. The predicted molar refractivity (Wildman–Crippen MR) is 134 cm³/mol. The van der Waals surface area contributed by atoms with Crippen molar-refractivity contribution in [1.29, 1.82) is 0 Å². The molecule has 1 aliphatic rings. The van der Waals surface area contributed by atoms with E-state index < -0.39 is 16.3 Å². The minimum atomic E-state index is -3.64. The van der Waals surface area contributed by atoms with Gasteiger partial charge in [0.1, 0.15) is 11.5 Å². The number of anilines is 1. The Morgan fingerprint density at radius 2 is 1.68 bits per heavy atom. The maximum absolute atomic E-state index is 12.1. The van der Waals surface area contributed by atoms with Gasteiger partial charge < -0.3 is 9.64 Å². The molecule has 3 aromatic carbocycles. The Morgan fingerprint density at radius 3 is 2.38 bits per heavy atom. The number of ether oxygens (including phenoxy) is 1. The lowest BCUT2D eigenvalue weighted by molar-refractivity contribution is 0.215. The van der Waals surface area contributed by atoms with Crippen LogP contribution in [0.15, 0.2) is 78.9 Å². The third-order valence-electron chi connectivity index (χ3n) is 6.00. The summed E-state index contributed by atoms with van der Waals surface area (Å²) in [6.45, 7) is 2.57. The van der Waals surface area contributed by atoms with Crippen LogP contribution in [0, 0.1) is 6.92 Å². The maximum Gasteiger partial charge on any atom is 0.266 e. The van der Waals surface area contributed by atoms with Crippen LogP contribution >= 0.6 is 0 Å². The van der Waals surface area contributed by atoms with E-state index in [1.807, 2.05) is 73.7 Å². The van der Waals surface area contributed by atoms with Crippen molar-refractivity contribution in [3.05, 3.63) is 95.7 Å². The molecule has 0 fully saturated rings. The molecular formula is C27H26N2O4S. The first-order valence-corrected chi connectivity index (χ1v) is 13.0. The van der Waals surface area contributed by atoms with E-state index in [1.54, 1.807) is 0 Å². The molecule has 0 radical (unpaired) electrons. The summed E-state index contributed by atoms with van der Waals surface area (Å²) in [4.78, 5) is 6.85. The molecule has 0 bridgehead atoms. The molecule has 0 aliphatic carbocycles. The number of hydrogen-bond acceptors (Lipinski definition) is 6. The molecule has 1 aromatic heterocycles. The minimum Gasteiger partial charge on any atom is -0.457 e. The summed E-state index contributed by atoms with van der Waals surface area (Å²) in [5.74, 6) is 1.44.